The molecule has 4 bridgehead atoms. The Labute approximate surface area is 432 Å². The van der Waals surface area contributed by atoms with Crippen LogP contribution in [0.4, 0.5) is 10.5 Å². The van der Waals surface area contributed by atoms with E-state index in [4.69, 9.17) is 40.0 Å². The predicted octanol–water partition coefficient (Wildman–Crippen LogP) is 5.19. The number of allylic oxidation sites excluding steroid dienone is 3. The van der Waals surface area contributed by atoms with Gasteiger partial charge >= 0.3 is 12.1 Å². The van der Waals surface area contributed by atoms with Crippen LogP contribution < -0.4 is 15.0 Å². The number of nitrogens with one attached hydrogen (secondary N) is 1. The summed E-state index contributed by atoms with van der Waals surface area (Å²) in [5.41, 5.74) is -0.555. The van der Waals surface area contributed by atoms with E-state index < -0.39 is 65.7 Å². The van der Waals surface area contributed by atoms with E-state index in [0.29, 0.717) is 55.5 Å². The highest BCUT2D eigenvalue weighted by molar-refractivity contribution is 8.77. The minimum absolute atomic E-state index is 0.0497. The maximum Gasteiger partial charge on any atom is 0.409 e. The van der Waals surface area contributed by atoms with Gasteiger partial charge in [0.1, 0.15) is 46.4 Å². The van der Waals surface area contributed by atoms with Crippen LogP contribution in [0.5, 0.6) is 5.75 Å². The fraction of sp³-hybridized carbons (Fsp3) is 0.592. The van der Waals surface area contributed by atoms with Gasteiger partial charge in [0.2, 0.25) is 11.8 Å². The van der Waals surface area contributed by atoms with Crippen molar-refractivity contribution in [3.8, 4) is 5.75 Å². The maximum atomic E-state index is 14.4. The molecule has 0 saturated carbocycles. The Balaban J connectivity index is 1.07. The second kappa shape index (κ2) is 23.9. The van der Waals surface area contributed by atoms with Crippen molar-refractivity contribution in [1.29, 1.82) is 0 Å². The number of benzene rings is 1. The third-order valence-corrected chi connectivity index (χ3v) is 17.0. The lowest BCUT2D eigenvalue weighted by atomic mass is 9.83. The molecule has 5 heterocycles. The monoisotopic (exact) mass is 1060 g/mol. The number of aliphatic hydroxyl groups is 1. The topological polar surface area (TPSA) is 234 Å². The van der Waals surface area contributed by atoms with Crippen LogP contribution in [0.25, 0.3) is 0 Å². The number of rotatable bonds is 18. The van der Waals surface area contributed by atoms with Gasteiger partial charge in [0.25, 0.3) is 11.8 Å². The van der Waals surface area contributed by atoms with Gasteiger partial charge in [-0.3, -0.25) is 29.4 Å². The van der Waals surface area contributed by atoms with Crippen molar-refractivity contribution in [2.75, 3.05) is 52.2 Å². The number of hydrogen-bond acceptors (Lipinski definition) is 17. The highest BCUT2D eigenvalue weighted by atomic mass is 35.5. The summed E-state index contributed by atoms with van der Waals surface area (Å²) in [5.74, 6) is -1.78. The third-order valence-electron chi connectivity index (χ3n) is 13.3. The average molecular weight is 1060 g/mol. The van der Waals surface area contributed by atoms with Crippen LogP contribution in [-0.4, -0.2) is 159 Å². The summed E-state index contributed by atoms with van der Waals surface area (Å²) in [7, 11) is 9.26. The fourth-order valence-electron chi connectivity index (χ4n) is 8.67. The summed E-state index contributed by atoms with van der Waals surface area (Å²) >= 11 is 6.83. The van der Waals surface area contributed by atoms with Crippen molar-refractivity contribution >= 4 is 74.6 Å². The third kappa shape index (κ3) is 13.8. The molecule has 2 saturated heterocycles. The highest BCUT2D eigenvalue weighted by Gasteiger charge is 2.64. The molecule has 1 aromatic carbocycles. The molecule has 8 atom stereocenters. The number of alkyl carbamates (subject to hydrolysis) is 1. The fourth-order valence-corrected chi connectivity index (χ4v) is 11.4. The van der Waals surface area contributed by atoms with Crippen LogP contribution in [0.2, 0.25) is 5.02 Å². The van der Waals surface area contributed by atoms with Crippen LogP contribution in [0, 0.1) is 5.92 Å². The number of amides is 5. The van der Waals surface area contributed by atoms with Crippen molar-refractivity contribution in [2.45, 2.75) is 133 Å². The molecule has 1 aromatic heterocycles. The van der Waals surface area contributed by atoms with Crippen molar-refractivity contribution < 1.29 is 62.3 Å². The molecule has 23 heteroatoms. The summed E-state index contributed by atoms with van der Waals surface area (Å²) in [6.07, 6.45) is 5.45. The first-order valence-electron chi connectivity index (χ1n) is 23.6. The molecule has 0 unspecified atom stereocenters. The van der Waals surface area contributed by atoms with Crippen molar-refractivity contribution in [3.05, 3.63) is 70.6 Å². The van der Waals surface area contributed by atoms with Gasteiger partial charge in [-0.15, -0.1) is 5.10 Å². The van der Waals surface area contributed by atoms with Gasteiger partial charge in [-0.25, -0.2) is 14.3 Å². The molecular weight excluding hydrogens is 994 g/mol. The number of esters is 1. The van der Waals surface area contributed by atoms with Gasteiger partial charge < -0.3 is 43.3 Å². The lowest BCUT2D eigenvalue weighted by Crippen LogP contribution is -2.63. The van der Waals surface area contributed by atoms with Crippen LogP contribution in [0.15, 0.2) is 54.3 Å². The smallest absolute Gasteiger partial charge is 0.409 e. The summed E-state index contributed by atoms with van der Waals surface area (Å²) in [4.78, 5) is 82.6. The Kier molecular flexibility index (Phi) is 18.7. The number of nitrogens with zero attached hydrogens (tertiary/aromatic N) is 6. The molecule has 72 heavy (non-hydrogen) atoms. The molecular formula is C49H66ClN7O13S2. The number of likely N-dealkylation sites (N-methyl/N-ethyl adjacent to an activating group) is 1. The van der Waals surface area contributed by atoms with Gasteiger partial charge in [-0.1, -0.05) is 69.1 Å². The molecule has 0 aliphatic carbocycles. The molecule has 4 aliphatic rings. The Morgan fingerprint density at radius 2 is 1.86 bits per heavy atom. The van der Waals surface area contributed by atoms with Gasteiger partial charge in [-0.05, 0) is 65.2 Å². The number of methoxy groups -OCH3 is 2. The molecule has 0 spiro atoms. The van der Waals surface area contributed by atoms with E-state index in [-0.39, 0.29) is 53.3 Å². The van der Waals surface area contributed by atoms with Gasteiger partial charge in [-0.2, -0.15) is 0 Å². The van der Waals surface area contributed by atoms with Crippen LogP contribution >= 0.6 is 33.2 Å². The number of carbonyl (C=O) groups is 6. The zero-order valence-electron chi connectivity index (χ0n) is 42.4. The van der Waals surface area contributed by atoms with E-state index in [1.165, 1.54) is 43.2 Å². The molecule has 2 aromatic rings. The van der Waals surface area contributed by atoms with E-state index in [2.05, 4.69) is 15.6 Å². The van der Waals surface area contributed by atoms with E-state index in [1.54, 1.807) is 84.6 Å². The molecule has 0 radical (unpaired) electrons. The quantitative estimate of drug-likeness (QED) is 0.0643. The Morgan fingerprint density at radius 3 is 2.56 bits per heavy atom. The van der Waals surface area contributed by atoms with E-state index in [1.807, 2.05) is 26.8 Å². The SMILES string of the molecule is COc1cc2cc(c1Cl)N(C)C(=O)C[C@H](OC(=O)[C@H](C)N(C)C(=O)CCC(C)(C)SSCCOCCn1cc(CN3C(=O)C=CC3=O)nn1)[C@]1(C)O[C@H]1[C@H](C)[C@@H]1C[C@@](O)(NC(=O)O1)[C@H](OC)/C=C/C=C(\C)C2. The number of ether oxygens (including phenoxy) is 6. The normalized spacial score (nSPS) is 27.3. The average Bonchev–Trinajstić information content (AvgIpc) is 3.65. The first-order chi connectivity index (χ1) is 34.0. The number of halogens is 1. The zero-order valence-corrected chi connectivity index (χ0v) is 44.8. The van der Waals surface area contributed by atoms with Crippen molar-refractivity contribution in [1.82, 2.24) is 30.1 Å². The molecule has 394 valence electrons. The van der Waals surface area contributed by atoms with Crippen LogP contribution in [-0.2, 0) is 67.2 Å². The zero-order chi connectivity index (χ0) is 52.7. The highest BCUT2D eigenvalue weighted by Crippen LogP contribution is 2.49. The number of carbonyl (C=O) groups excluding carboxylic acids is 6. The van der Waals surface area contributed by atoms with E-state index in [9.17, 15) is 33.9 Å². The number of hydrogen-bond donors (Lipinski definition) is 2. The molecule has 2 N–H and O–H groups in total. The van der Waals surface area contributed by atoms with Gasteiger partial charge in [0, 0.05) is 62.6 Å². The van der Waals surface area contributed by atoms with Crippen molar-refractivity contribution in [2.24, 2.45) is 5.92 Å². The van der Waals surface area contributed by atoms with Gasteiger partial charge in [0.15, 0.2) is 5.72 Å². The minimum Gasteiger partial charge on any atom is -0.495 e. The summed E-state index contributed by atoms with van der Waals surface area (Å²) in [6.45, 7) is 12.4. The summed E-state index contributed by atoms with van der Waals surface area (Å²) in [5, 5.41) is 22.7. The lowest BCUT2D eigenvalue weighted by Gasteiger charge is -2.42. The second-order valence-electron chi connectivity index (χ2n) is 19.3. The van der Waals surface area contributed by atoms with E-state index in [0.717, 1.165) is 16.0 Å². The lowest BCUT2D eigenvalue weighted by molar-refractivity contribution is -0.162. The van der Waals surface area contributed by atoms with Crippen molar-refractivity contribution in [3.63, 3.8) is 0 Å². The van der Waals surface area contributed by atoms with Gasteiger partial charge in [0.05, 0.1) is 57.8 Å². The molecule has 4 aliphatic heterocycles. The summed E-state index contributed by atoms with van der Waals surface area (Å²) in [6, 6.07) is 2.53. The Bertz CT molecular complexity index is 2430. The first-order valence-corrected chi connectivity index (χ1v) is 26.3. The standard InChI is InChI=1S/C49H66ClN7O13S2/c1-29-12-11-13-37(66-10)49(64)26-36(68-46(63)51-49)30(2)44-48(6,70-44)38(25-42(61)55(8)34-23-32(22-29)24-35(65-9)43(34)50)69-45(62)31(3)54(7)39(58)16-17-47(4,5)72-71-21-20-67-19-18-56-27-33(52-53-56)28-57-40(59)14-15-41(57)60/h11-15,23-24,27,30-31,36-38,44,64H,16-22,25-26,28H2,1-10H3,(H,51,63)/b13-11+,29-12+/t30-,31+,36+,37-,38+,44+,48+,49+/m1/s1. The number of anilines is 1. The molecule has 5 amide bonds. The minimum atomic E-state index is -1.86. The Morgan fingerprint density at radius 1 is 1.14 bits per heavy atom. The van der Waals surface area contributed by atoms with Crippen LogP contribution in [0.1, 0.15) is 78.5 Å². The second-order valence-corrected chi connectivity index (χ2v) is 22.8. The van der Waals surface area contributed by atoms with Crippen LogP contribution in [0.3, 0.4) is 0 Å². The Hall–Kier alpha value is -4.97. The number of fused-ring (bicyclic) bond motifs is 5. The largest absolute Gasteiger partial charge is 0.495 e. The predicted molar refractivity (Wildman–Crippen MR) is 270 cm³/mol. The van der Waals surface area contributed by atoms with E-state index >= 15 is 0 Å². The molecule has 20 nitrogen and oxygen atoms in total. The maximum absolute atomic E-state index is 14.4. The summed E-state index contributed by atoms with van der Waals surface area (Å²) < 4.78 is 36.6. The molecule has 2 fully saturated rings. The molecule has 6 rings (SSSR count). The number of epoxide rings is 1. The first kappa shape index (κ1) is 56.3. The number of imide groups is 1. The number of aromatic nitrogens is 3.